The number of hydrogen-bond acceptors (Lipinski definition) is 6. The first-order valence-corrected chi connectivity index (χ1v) is 9.83. The fraction of sp³-hybridized carbons (Fsp3) is 0.550. The number of rotatable bonds is 5. The Morgan fingerprint density at radius 3 is 2.64 bits per heavy atom. The van der Waals surface area contributed by atoms with E-state index in [-0.39, 0.29) is 24.7 Å². The fourth-order valence-electron chi connectivity index (χ4n) is 4.08. The molecule has 1 amide bonds. The van der Waals surface area contributed by atoms with Crippen LogP contribution in [0.4, 0.5) is 5.82 Å². The molecule has 0 saturated carbocycles. The average molecular weight is 385 g/mol. The quantitative estimate of drug-likeness (QED) is 0.841. The van der Waals surface area contributed by atoms with Crippen molar-refractivity contribution in [2.45, 2.75) is 38.3 Å². The Morgan fingerprint density at radius 1 is 1.29 bits per heavy atom. The Bertz CT molecular complexity index is 873. The third-order valence-electron chi connectivity index (χ3n) is 5.72. The number of fused-ring (bicyclic) bond motifs is 1. The molecule has 0 aromatic carbocycles. The zero-order valence-corrected chi connectivity index (χ0v) is 16.6. The van der Waals surface area contributed by atoms with Gasteiger partial charge in [0.05, 0.1) is 36.3 Å². The predicted octanol–water partition coefficient (Wildman–Crippen LogP) is 1.54. The van der Waals surface area contributed by atoms with Gasteiger partial charge in [0.2, 0.25) is 0 Å². The van der Waals surface area contributed by atoms with Crippen LogP contribution in [-0.4, -0.2) is 63.5 Å². The first-order valence-electron chi connectivity index (χ1n) is 9.83. The maximum Gasteiger partial charge on any atom is 0.256 e. The Kier molecular flexibility index (Phi) is 4.97. The monoisotopic (exact) mass is 385 g/mol. The van der Waals surface area contributed by atoms with E-state index in [1.807, 2.05) is 19.3 Å². The van der Waals surface area contributed by atoms with Crippen molar-refractivity contribution in [2.24, 2.45) is 7.05 Å². The zero-order chi connectivity index (χ0) is 19.8. The van der Waals surface area contributed by atoms with E-state index in [2.05, 4.69) is 16.9 Å². The Morgan fingerprint density at radius 2 is 2.04 bits per heavy atom. The molecular formula is C20H27N5O3. The minimum Gasteiger partial charge on any atom is -0.487 e. The normalized spacial score (nSPS) is 20.0. The number of aryl methyl sites for hydroxylation is 2. The van der Waals surface area contributed by atoms with E-state index in [1.165, 1.54) is 0 Å². The fourth-order valence-corrected chi connectivity index (χ4v) is 4.08. The topological polar surface area (TPSA) is 83.7 Å². The molecule has 8 nitrogen and oxygen atoms in total. The molecule has 150 valence electrons. The van der Waals surface area contributed by atoms with Gasteiger partial charge in [0.25, 0.3) is 5.91 Å². The lowest BCUT2D eigenvalue weighted by Gasteiger charge is -2.34. The number of hydrogen-bond donors (Lipinski definition) is 1. The first-order chi connectivity index (χ1) is 13.5. The number of likely N-dealkylation sites (N-methyl/N-ethyl adjacent to an activating group) is 1. The highest BCUT2D eigenvalue weighted by Gasteiger charge is 2.37. The van der Waals surface area contributed by atoms with Crippen LogP contribution in [0.2, 0.25) is 0 Å². The van der Waals surface area contributed by atoms with Crippen LogP contribution in [0.3, 0.4) is 0 Å². The standard InChI is InChI=1S/C20H27N5O3/c1-4-13-9-16-18(17(12-26)24(3)20(16)27)22-19(13)25-7-5-14(6-8-25)28-15-10-21-23(2)11-15/h9-11,14,17,26H,4-8,12H2,1-3H3. The van der Waals surface area contributed by atoms with E-state index in [9.17, 15) is 9.90 Å². The number of ether oxygens (including phenoxy) is 1. The van der Waals surface area contributed by atoms with E-state index < -0.39 is 0 Å². The number of aliphatic hydroxyl groups excluding tert-OH is 1. The van der Waals surface area contributed by atoms with Crippen LogP contribution in [-0.2, 0) is 13.5 Å². The molecule has 2 aromatic rings. The number of pyridine rings is 1. The number of piperidine rings is 1. The summed E-state index contributed by atoms with van der Waals surface area (Å²) < 4.78 is 7.78. The van der Waals surface area contributed by atoms with Crippen LogP contribution < -0.4 is 9.64 Å². The minimum absolute atomic E-state index is 0.0635. The lowest BCUT2D eigenvalue weighted by Crippen LogP contribution is -2.39. The molecule has 1 fully saturated rings. The van der Waals surface area contributed by atoms with Crippen molar-refractivity contribution in [2.75, 3.05) is 31.6 Å². The molecule has 28 heavy (non-hydrogen) atoms. The van der Waals surface area contributed by atoms with E-state index >= 15 is 0 Å². The number of anilines is 1. The second-order valence-corrected chi connectivity index (χ2v) is 7.53. The summed E-state index contributed by atoms with van der Waals surface area (Å²) in [6.45, 7) is 3.65. The third-order valence-corrected chi connectivity index (χ3v) is 5.72. The number of aliphatic hydroxyl groups is 1. The molecule has 8 heteroatoms. The lowest BCUT2D eigenvalue weighted by molar-refractivity contribution is 0.0715. The van der Waals surface area contributed by atoms with Crippen LogP contribution in [0.1, 0.15) is 47.4 Å². The van der Waals surface area contributed by atoms with Gasteiger partial charge < -0.3 is 19.6 Å². The predicted molar refractivity (Wildman–Crippen MR) is 105 cm³/mol. The molecule has 0 bridgehead atoms. The Labute approximate surface area is 164 Å². The Hall–Kier alpha value is -2.61. The van der Waals surface area contributed by atoms with Crippen LogP contribution >= 0.6 is 0 Å². The number of amides is 1. The second kappa shape index (κ2) is 7.43. The van der Waals surface area contributed by atoms with Gasteiger partial charge in [0.15, 0.2) is 5.75 Å². The van der Waals surface area contributed by atoms with Gasteiger partial charge in [-0.25, -0.2) is 4.98 Å². The summed E-state index contributed by atoms with van der Waals surface area (Å²) in [7, 11) is 3.60. The highest BCUT2D eigenvalue weighted by molar-refractivity contribution is 5.99. The summed E-state index contributed by atoms with van der Waals surface area (Å²) in [4.78, 5) is 21.2. The zero-order valence-electron chi connectivity index (χ0n) is 16.6. The summed E-state index contributed by atoms with van der Waals surface area (Å²) >= 11 is 0. The van der Waals surface area contributed by atoms with Crippen LogP contribution in [0, 0.1) is 0 Å². The van der Waals surface area contributed by atoms with Gasteiger partial charge in [-0.3, -0.25) is 9.48 Å². The van der Waals surface area contributed by atoms with Crippen molar-refractivity contribution >= 4 is 11.7 Å². The highest BCUT2D eigenvalue weighted by atomic mass is 16.5. The molecule has 0 aliphatic carbocycles. The molecule has 1 atom stereocenters. The van der Waals surface area contributed by atoms with Crippen molar-refractivity contribution in [1.29, 1.82) is 0 Å². The summed E-state index contributed by atoms with van der Waals surface area (Å²) in [6, 6.07) is 1.60. The van der Waals surface area contributed by atoms with Gasteiger partial charge in [0, 0.05) is 40.0 Å². The van der Waals surface area contributed by atoms with Gasteiger partial charge in [-0.15, -0.1) is 0 Å². The van der Waals surface area contributed by atoms with Gasteiger partial charge in [0.1, 0.15) is 11.9 Å². The molecule has 2 aliphatic heterocycles. The van der Waals surface area contributed by atoms with Gasteiger partial charge in [-0.2, -0.15) is 5.10 Å². The van der Waals surface area contributed by atoms with Crippen LogP contribution in [0.25, 0.3) is 0 Å². The molecule has 0 spiro atoms. The third kappa shape index (κ3) is 3.22. The van der Waals surface area contributed by atoms with Gasteiger partial charge >= 0.3 is 0 Å². The maximum absolute atomic E-state index is 12.5. The number of carbonyl (C=O) groups is 1. The SMILES string of the molecule is CCc1cc2c(nc1N1CCC(Oc3cnn(C)c3)CC1)C(CO)N(C)C2=O. The smallest absolute Gasteiger partial charge is 0.256 e. The molecule has 4 heterocycles. The Balaban J connectivity index is 1.52. The van der Waals surface area contributed by atoms with E-state index in [0.717, 1.165) is 49.5 Å². The van der Waals surface area contributed by atoms with Crippen molar-refractivity contribution in [3.05, 3.63) is 35.3 Å². The van der Waals surface area contributed by atoms with Gasteiger partial charge in [-0.05, 0) is 18.1 Å². The summed E-state index contributed by atoms with van der Waals surface area (Å²) in [6.07, 6.45) is 6.40. The summed E-state index contributed by atoms with van der Waals surface area (Å²) in [5, 5.41) is 13.9. The lowest BCUT2D eigenvalue weighted by atomic mass is 10.0. The molecule has 1 saturated heterocycles. The maximum atomic E-state index is 12.5. The van der Waals surface area contributed by atoms with Crippen LogP contribution in [0.5, 0.6) is 5.75 Å². The molecule has 4 rings (SSSR count). The number of nitrogens with zero attached hydrogens (tertiary/aromatic N) is 5. The van der Waals surface area contributed by atoms with E-state index in [4.69, 9.17) is 9.72 Å². The van der Waals surface area contributed by atoms with Gasteiger partial charge in [-0.1, -0.05) is 6.92 Å². The average Bonchev–Trinajstić information content (AvgIpc) is 3.22. The summed E-state index contributed by atoms with van der Waals surface area (Å²) in [5.74, 6) is 1.67. The van der Waals surface area contributed by atoms with Crippen molar-refractivity contribution in [3.63, 3.8) is 0 Å². The first kappa shape index (κ1) is 18.7. The number of carbonyl (C=O) groups excluding carboxylic acids is 1. The molecule has 1 unspecified atom stereocenters. The summed E-state index contributed by atoms with van der Waals surface area (Å²) in [5.41, 5.74) is 2.39. The van der Waals surface area contributed by atoms with E-state index in [1.54, 1.807) is 22.8 Å². The van der Waals surface area contributed by atoms with Crippen molar-refractivity contribution < 1.29 is 14.6 Å². The van der Waals surface area contributed by atoms with Crippen molar-refractivity contribution in [3.8, 4) is 5.75 Å². The molecule has 1 N–H and O–H groups in total. The van der Waals surface area contributed by atoms with E-state index in [0.29, 0.717) is 11.3 Å². The highest BCUT2D eigenvalue weighted by Crippen LogP contribution is 2.35. The molecule has 2 aliphatic rings. The number of aromatic nitrogens is 3. The van der Waals surface area contributed by atoms with Crippen molar-refractivity contribution in [1.82, 2.24) is 19.7 Å². The molecule has 0 radical (unpaired) electrons. The molecular weight excluding hydrogens is 358 g/mol. The second-order valence-electron chi connectivity index (χ2n) is 7.53. The largest absolute Gasteiger partial charge is 0.487 e. The minimum atomic E-state index is -0.362. The van der Waals surface area contributed by atoms with Crippen LogP contribution in [0.15, 0.2) is 18.5 Å². The molecule has 2 aromatic heterocycles.